The van der Waals surface area contributed by atoms with Crippen molar-refractivity contribution < 1.29 is 14.3 Å². The van der Waals surface area contributed by atoms with Gasteiger partial charge in [0.25, 0.3) is 5.91 Å². The number of hydrogen-bond acceptors (Lipinski definition) is 7. The van der Waals surface area contributed by atoms with Crippen molar-refractivity contribution in [2.75, 3.05) is 18.2 Å². The normalized spacial score (nSPS) is 10.8. The molecule has 25 heavy (non-hydrogen) atoms. The van der Waals surface area contributed by atoms with E-state index in [1.165, 1.54) is 22.7 Å². The highest BCUT2D eigenvalue weighted by atomic mass is 32.2. The summed E-state index contributed by atoms with van der Waals surface area (Å²) in [5, 5.41) is 3.35. The number of aromatic nitrogens is 1. The van der Waals surface area contributed by atoms with E-state index in [1.807, 2.05) is 25.3 Å². The molecule has 3 rings (SSSR count). The second kappa shape index (κ2) is 7.55. The summed E-state index contributed by atoms with van der Waals surface area (Å²) in [5.74, 6) is -0.521. The number of thioether (sulfide) groups is 1. The van der Waals surface area contributed by atoms with Crippen LogP contribution in [0.15, 0.2) is 29.2 Å². The molecule has 0 spiro atoms. The van der Waals surface area contributed by atoms with Crippen LogP contribution in [0.4, 0.5) is 5.13 Å². The van der Waals surface area contributed by atoms with Gasteiger partial charge in [-0.25, -0.2) is 9.78 Å². The third kappa shape index (κ3) is 3.70. The Morgan fingerprint density at radius 1 is 1.24 bits per heavy atom. The topological polar surface area (TPSA) is 68.3 Å². The van der Waals surface area contributed by atoms with Crippen LogP contribution in [0.3, 0.4) is 0 Å². The lowest BCUT2D eigenvalue weighted by atomic mass is 10.2. The van der Waals surface area contributed by atoms with E-state index in [4.69, 9.17) is 4.74 Å². The Morgan fingerprint density at radius 3 is 2.56 bits per heavy atom. The lowest BCUT2D eigenvalue weighted by molar-refractivity contribution is 0.0531. The van der Waals surface area contributed by atoms with Crippen molar-refractivity contribution in [3.05, 3.63) is 40.3 Å². The lowest BCUT2D eigenvalue weighted by Gasteiger charge is -2.02. The first kappa shape index (κ1) is 17.9. The van der Waals surface area contributed by atoms with Crippen LogP contribution in [0.1, 0.15) is 32.5 Å². The maximum Gasteiger partial charge on any atom is 0.348 e. The minimum atomic E-state index is -0.324. The first-order valence-electron chi connectivity index (χ1n) is 7.56. The standard InChI is InChI=1S/C17H16N2O3S3/c1-4-22-16(21)13-9(2)12-15(24-13)19-17(25-12)18-14(20)10-5-7-11(23-3)8-6-10/h5-8H,4H2,1-3H3,(H,18,19,20). The molecular weight excluding hydrogens is 376 g/mol. The van der Waals surface area contributed by atoms with Crippen molar-refractivity contribution in [2.24, 2.45) is 0 Å². The molecule has 1 N–H and O–H groups in total. The molecule has 0 fully saturated rings. The molecule has 0 aliphatic heterocycles. The number of thiazole rings is 1. The fraction of sp³-hybridized carbons (Fsp3) is 0.235. The summed E-state index contributed by atoms with van der Waals surface area (Å²) >= 11 is 4.29. The van der Waals surface area contributed by atoms with E-state index in [1.54, 1.807) is 30.8 Å². The monoisotopic (exact) mass is 392 g/mol. The highest BCUT2D eigenvalue weighted by Crippen LogP contribution is 2.37. The lowest BCUT2D eigenvalue weighted by Crippen LogP contribution is -2.11. The average Bonchev–Trinajstić information content (AvgIpc) is 3.14. The van der Waals surface area contributed by atoms with Gasteiger partial charge in [-0.3, -0.25) is 10.1 Å². The summed E-state index contributed by atoms with van der Waals surface area (Å²) in [6.07, 6.45) is 1.99. The van der Waals surface area contributed by atoms with E-state index in [0.717, 1.165) is 20.0 Å². The Morgan fingerprint density at radius 2 is 1.96 bits per heavy atom. The van der Waals surface area contributed by atoms with Gasteiger partial charge in [0.05, 0.1) is 11.3 Å². The predicted molar refractivity (Wildman–Crippen MR) is 104 cm³/mol. The van der Waals surface area contributed by atoms with Crippen molar-refractivity contribution in [2.45, 2.75) is 18.7 Å². The Bertz CT molecular complexity index is 929. The maximum atomic E-state index is 12.3. The summed E-state index contributed by atoms with van der Waals surface area (Å²) in [7, 11) is 0. The van der Waals surface area contributed by atoms with E-state index < -0.39 is 0 Å². The number of anilines is 1. The van der Waals surface area contributed by atoms with Crippen LogP contribution in [0, 0.1) is 6.92 Å². The zero-order valence-corrected chi connectivity index (χ0v) is 16.4. The highest BCUT2D eigenvalue weighted by molar-refractivity contribution is 7.98. The summed E-state index contributed by atoms with van der Waals surface area (Å²) < 4.78 is 5.96. The Balaban J connectivity index is 1.80. The zero-order chi connectivity index (χ0) is 18.0. The van der Waals surface area contributed by atoms with Crippen molar-refractivity contribution >= 4 is 61.0 Å². The molecular formula is C17H16N2O3S3. The van der Waals surface area contributed by atoms with Gasteiger partial charge in [0, 0.05) is 10.5 Å². The van der Waals surface area contributed by atoms with Gasteiger partial charge in [0.2, 0.25) is 0 Å². The Kier molecular flexibility index (Phi) is 5.41. The molecule has 0 saturated carbocycles. The number of carbonyl (C=O) groups is 2. The summed E-state index contributed by atoms with van der Waals surface area (Å²) in [4.78, 5) is 31.1. The van der Waals surface area contributed by atoms with Crippen molar-refractivity contribution in [3.8, 4) is 0 Å². The second-order valence-electron chi connectivity index (χ2n) is 5.11. The smallest absolute Gasteiger partial charge is 0.348 e. The number of nitrogens with one attached hydrogen (secondary N) is 1. The third-order valence-electron chi connectivity index (χ3n) is 3.51. The Hall–Kier alpha value is -1.90. The number of aryl methyl sites for hydroxylation is 1. The number of fused-ring (bicyclic) bond motifs is 1. The van der Waals surface area contributed by atoms with Gasteiger partial charge in [-0.1, -0.05) is 11.3 Å². The fourth-order valence-electron chi connectivity index (χ4n) is 2.25. The van der Waals surface area contributed by atoms with Crippen molar-refractivity contribution in [3.63, 3.8) is 0 Å². The average molecular weight is 393 g/mol. The number of carbonyl (C=O) groups excluding carboxylic acids is 2. The first-order valence-corrected chi connectivity index (χ1v) is 10.4. The molecule has 0 saturated heterocycles. The molecule has 0 unspecified atom stereocenters. The van der Waals surface area contributed by atoms with Crippen LogP contribution in [-0.2, 0) is 4.74 Å². The molecule has 0 atom stereocenters. The van der Waals surface area contributed by atoms with Gasteiger partial charge < -0.3 is 4.74 Å². The third-order valence-corrected chi connectivity index (χ3v) is 6.64. The van der Waals surface area contributed by atoms with Crippen LogP contribution >= 0.6 is 34.4 Å². The number of rotatable bonds is 5. The van der Waals surface area contributed by atoms with Crippen LogP contribution in [0.5, 0.6) is 0 Å². The molecule has 0 aliphatic carbocycles. The van der Waals surface area contributed by atoms with Crippen LogP contribution in [0.2, 0.25) is 0 Å². The van der Waals surface area contributed by atoms with Gasteiger partial charge in [-0.05, 0) is 49.9 Å². The summed E-state index contributed by atoms with van der Waals surface area (Å²) in [5.41, 5.74) is 1.43. The fourth-order valence-corrected chi connectivity index (χ4v) is 4.86. The molecule has 1 aromatic carbocycles. The molecule has 0 bridgehead atoms. The molecule has 0 radical (unpaired) electrons. The van der Waals surface area contributed by atoms with Crippen LogP contribution in [0.25, 0.3) is 9.53 Å². The number of thiophene rings is 1. The quantitative estimate of drug-likeness (QED) is 0.498. The maximum absolute atomic E-state index is 12.3. The molecule has 1 amide bonds. The first-order chi connectivity index (χ1) is 12.0. The number of nitrogens with zero attached hydrogens (tertiary/aromatic N) is 1. The highest BCUT2D eigenvalue weighted by Gasteiger charge is 2.20. The second-order valence-corrected chi connectivity index (χ2v) is 7.99. The number of ether oxygens (including phenoxy) is 1. The predicted octanol–water partition coefficient (Wildman–Crippen LogP) is 4.82. The van der Waals surface area contributed by atoms with E-state index in [9.17, 15) is 9.59 Å². The van der Waals surface area contributed by atoms with Crippen LogP contribution < -0.4 is 5.32 Å². The minimum Gasteiger partial charge on any atom is -0.462 e. The van der Waals surface area contributed by atoms with E-state index >= 15 is 0 Å². The molecule has 3 aromatic rings. The van der Waals surface area contributed by atoms with Crippen molar-refractivity contribution in [1.82, 2.24) is 4.98 Å². The largest absolute Gasteiger partial charge is 0.462 e. The van der Waals surface area contributed by atoms with Gasteiger partial charge >= 0.3 is 5.97 Å². The summed E-state index contributed by atoms with van der Waals surface area (Å²) in [6, 6.07) is 7.41. The number of esters is 1. The molecule has 2 aromatic heterocycles. The van der Waals surface area contributed by atoms with E-state index in [2.05, 4.69) is 10.3 Å². The number of benzene rings is 1. The van der Waals surface area contributed by atoms with Crippen LogP contribution in [-0.4, -0.2) is 29.7 Å². The molecule has 0 aliphatic rings. The number of hydrogen-bond donors (Lipinski definition) is 1. The number of amides is 1. The SMILES string of the molecule is CCOC(=O)c1sc2nc(NC(=O)c3ccc(SC)cc3)sc2c1C. The Labute approximate surface area is 157 Å². The van der Waals surface area contributed by atoms with E-state index in [0.29, 0.717) is 22.2 Å². The molecule has 8 heteroatoms. The van der Waals surface area contributed by atoms with Gasteiger partial charge in [0.1, 0.15) is 9.71 Å². The molecule has 2 heterocycles. The van der Waals surface area contributed by atoms with Gasteiger partial charge in [-0.2, -0.15) is 0 Å². The molecule has 5 nitrogen and oxygen atoms in total. The van der Waals surface area contributed by atoms with E-state index in [-0.39, 0.29) is 11.9 Å². The molecule has 130 valence electrons. The summed E-state index contributed by atoms with van der Waals surface area (Å²) in [6.45, 7) is 3.99. The van der Waals surface area contributed by atoms with Gasteiger partial charge in [-0.15, -0.1) is 23.1 Å². The minimum absolute atomic E-state index is 0.197. The van der Waals surface area contributed by atoms with Crippen molar-refractivity contribution in [1.29, 1.82) is 0 Å². The van der Waals surface area contributed by atoms with Gasteiger partial charge in [0.15, 0.2) is 5.13 Å². The zero-order valence-electron chi connectivity index (χ0n) is 13.9.